The molecule has 0 atom stereocenters. The van der Waals surface area contributed by atoms with Gasteiger partial charge in [0, 0.05) is 17.6 Å². The van der Waals surface area contributed by atoms with Gasteiger partial charge >= 0.3 is 5.97 Å². The Labute approximate surface area is 136 Å². The quantitative estimate of drug-likeness (QED) is 0.763. The molecule has 0 bridgehead atoms. The number of nitrogens with zero attached hydrogens (tertiary/aromatic N) is 1. The number of nitrogens with one attached hydrogen (secondary N) is 1. The molecule has 0 unspecified atom stereocenters. The number of carbonyl (C=O) groups is 2. The highest BCUT2D eigenvalue weighted by molar-refractivity contribution is 5.94. The molecule has 1 aromatic rings. The zero-order valence-electron chi connectivity index (χ0n) is 13.6. The molecule has 126 valence electrons. The highest BCUT2D eigenvalue weighted by Gasteiger charge is 2.34. The maximum atomic E-state index is 12.2. The summed E-state index contributed by atoms with van der Waals surface area (Å²) in [6, 6.07) is 7.42. The van der Waals surface area contributed by atoms with Crippen molar-refractivity contribution in [1.29, 1.82) is 0 Å². The minimum absolute atomic E-state index is 0.0563. The summed E-state index contributed by atoms with van der Waals surface area (Å²) in [6.45, 7) is 5.23. The minimum atomic E-state index is -0.811. The Bertz CT molecular complexity index is 538. The van der Waals surface area contributed by atoms with Crippen LogP contribution < -0.4 is 10.1 Å². The first-order chi connectivity index (χ1) is 11.0. The summed E-state index contributed by atoms with van der Waals surface area (Å²) in [5.41, 5.74) is 0.606. The first-order valence-corrected chi connectivity index (χ1v) is 8.03. The van der Waals surface area contributed by atoms with Crippen LogP contribution in [0.2, 0.25) is 0 Å². The van der Waals surface area contributed by atoms with Crippen molar-refractivity contribution in [2.75, 3.05) is 19.7 Å². The summed E-state index contributed by atoms with van der Waals surface area (Å²) in [4.78, 5) is 24.9. The monoisotopic (exact) mass is 320 g/mol. The van der Waals surface area contributed by atoms with E-state index in [1.807, 2.05) is 18.7 Å². The Morgan fingerprint density at radius 2 is 1.91 bits per heavy atom. The average molecular weight is 320 g/mol. The van der Waals surface area contributed by atoms with Gasteiger partial charge < -0.3 is 15.2 Å². The highest BCUT2D eigenvalue weighted by Crippen LogP contribution is 2.26. The van der Waals surface area contributed by atoms with Gasteiger partial charge in [0.25, 0.3) is 5.91 Å². The third kappa shape index (κ3) is 4.69. The fourth-order valence-electron chi connectivity index (χ4n) is 2.81. The first-order valence-electron chi connectivity index (χ1n) is 8.03. The van der Waals surface area contributed by atoms with Crippen LogP contribution in [0.4, 0.5) is 0 Å². The summed E-state index contributed by atoms with van der Waals surface area (Å²) in [5.74, 6) is -0.161. The third-order valence-corrected chi connectivity index (χ3v) is 4.14. The van der Waals surface area contributed by atoms with E-state index in [-0.39, 0.29) is 24.5 Å². The van der Waals surface area contributed by atoms with Crippen molar-refractivity contribution in [3.8, 4) is 5.75 Å². The smallest absolute Gasteiger partial charge is 0.317 e. The molecule has 0 saturated heterocycles. The van der Waals surface area contributed by atoms with Crippen LogP contribution in [0.1, 0.15) is 37.0 Å². The number of likely N-dealkylation sites (N-methyl/N-ethyl adjacent to an activating group) is 1. The van der Waals surface area contributed by atoms with Crippen LogP contribution in [0.3, 0.4) is 0 Å². The lowest BCUT2D eigenvalue weighted by Gasteiger charge is -2.42. The molecule has 0 radical (unpaired) electrons. The predicted molar refractivity (Wildman–Crippen MR) is 86.8 cm³/mol. The topological polar surface area (TPSA) is 78.9 Å². The number of carbonyl (C=O) groups excluding carboxylic acids is 1. The highest BCUT2D eigenvalue weighted by atomic mass is 16.5. The molecule has 1 amide bonds. The van der Waals surface area contributed by atoms with Crippen molar-refractivity contribution in [2.24, 2.45) is 0 Å². The standard InChI is InChI=1S/C17H24N2O4/c1-3-19(11-16(20)21)14-9-13(10-14)18-17(22)12-5-7-15(8-6-12)23-4-2/h5-8,13-14H,3-4,9-11H2,1-2H3,(H,18,22)(H,20,21). The van der Waals surface area contributed by atoms with Gasteiger partial charge in [0.15, 0.2) is 0 Å². The van der Waals surface area contributed by atoms with E-state index in [2.05, 4.69) is 5.32 Å². The van der Waals surface area contributed by atoms with Crippen molar-refractivity contribution in [3.63, 3.8) is 0 Å². The van der Waals surface area contributed by atoms with Crippen LogP contribution in [0, 0.1) is 0 Å². The van der Waals surface area contributed by atoms with Gasteiger partial charge in [-0.2, -0.15) is 0 Å². The molecule has 0 spiro atoms. The van der Waals surface area contributed by atoms with Gasteiger partial charge in [0.05, 0.1) is 13.2 Å². The van der Waals surface area contributed by atoms with Crippen molar-refractivity contribution < 1.29 is 19.4 Å². The van der Waals surface area contributed by atoms with Crippen LogP contribution in [-0.4, -0.2) is 53.7 Å². The molecule has 1 fully saturated rings. The zero-order chi connectivity index (χ0) is 16.8. The van der Waals surface area contributed by atoms with E-state index in [0.717, 1.165) is 18.6 Å². The lowest BCUT2D eigenvalue weighted by atomic mass is 9.85. The van der Waals surface area contributed by atoms with Gasteiger partial charge in [0.1, 0.15) is 5.75 Å². The number of benzene rings is 1. The number of amides is 1. The second-order valence-corrected chi connectivity index (χ2v) is 5.71. The lowest BCUT2D eigenvalue weighted by molar-refractivity contribution is -0.139. The Kier molecular flexibility index (Phi) is 5.98. The van der Waals surface area contributed by atoms with Crippen LogP contribution in [0.5, 0.6) is 5.75 Å². The number of aliphatic carboxylic acids is 1. The Hall–Kier alpha value is -2.08. The van der Waals surface area contributed by atoms with E-state index >= 15 is 0 Å². The Balaban J connectivity index is 1.80. The fraction of sp³-hybridized carbons (Fsp3) is 0.529. The second kappa shape index (κ2) is 7.97. The number of rotatable bonds is 8. The lowest BCUT2D eigenvalue weighted by Crippen LogP contribution is -2.54. The molecule has 2 N–H and O–H groups in total. The molecule has 0 heterocycles. The minimum Gasteiger partial charge on any atom is -0.494 e. The van der Waals surface area contributed by atoms with Crippen molar-refractivity contribution in [1.82, 2.24) is 10.2 Å². The van der Waals surface area contributed by atoms with Crippen LogP contribution in [-0.2, 0) is 4.79 Å². The van der Waals surface area contributed by atoms with Crippen molar-refractivity contribution in [2.45, 2.75) is 38.8 Å². The van der Waals surface area contributed by atoms with E-state index in [0.29, 0.717) is 18.7 Å². The van der Waals surface area contributed by atoms with Crippen molar-refractivity contribution >= 4 is 11.9 Å². The average Bonchev–Trinajstić information content (AvgIpc) is 2.49. The van der Waals surface area contributed by atoms with Gasteiger partial charge in [-0.05, 0) is 50.6 Å². The van der Waals surface area contributed by atoms with Gasteiger partial charge in [0.2, 0.25) is 0 Å². The number of hydrogen-bond acceptors (Lipinski definition) is 4. The van der Waals surface area contributed by atoms with Crippen molar-refractivity contribution in [3.05, 3.63) is 29.8 Å². The molecule has 6 nitrogen and oxygen atoms in total. The summed E-state index contributed by atoms with van der Waals surface area (Å²) in [5, 5.41) is 11.9. The molecule has 1 saturated carbocycles. The van der Waals surface area contributed by atoms with Gasteiger partial charge in [-0.25, -0.2) is 0 Å². The number of ether oxygens (including phenoxy) is 1. The molecular formula is C17H24N2O4. The molecule has 2 rings (SSSR count). The normalized spacial score (nSPS) is 20.0. The van der Waals surface area contributed by atoms with E-state index in [1.165, 1.54) is 0 Å². The summed E-state index contributed by atoms with van der Waals surface area (Å²) in [7, 11) is 0. The van der Waals surface area contributed by atoms with Gasteiger partial charge in [-0.3, -0.25) is 14.5 Å². The SMILES string of the molecule is CCOc1ccc(C(=O)NC2CC(N(CC)CC(=O)O)C2)cc1. The Morgan fingerprint density at radius 3 is 2.43 bits per heavy atom. The van der Waals surface area contributed by atoms with Crippen LogP contribution >= 0.6 is 0 Å². The van der Waals surface area contributed by atoms with Gasteiger partial charge in [-0.15, -0.1) is 0 Å². The maximum Gasteiger partial charge on any atom is 0.317 e. The van der Waals surface area contributed by atoms with E-state index in [4.69, 9.17) is 9.84 Å². The maximum absolute atomic E-state index is 12.2. The second-order valence-electron chi connectivity index (χ2n) is 5.71. The molecule has 1 aromatic carbocycles. The molecule has 23 heavy (non-hydrogen) atoms. The van der Waals surface area contributed by atoms with E-state index < -0.39 is 5.97 Å². The predicted octanol–water partition coefficient (Wildman–Crippen LogP) is 1.75. The van der Waals surface area contributed by atoms with E-state index in [1.54, 1.807) is 24.3 Å². The summed E-state index contributed by atoms with van der Waals surface area (Å²) < 4.78 is 5.35. The molecule has 1 aliphatic rings. The van der Waals surface area contributed by atoms with Crippen LogP contribution in [0.25, 0.3) is 0 Å². The number of carboxylic acid groups (broad SMARTS) is 1. The first kappa shape index (κ1) is 17.3. The fourth-order valence-corrected chi connectivity index (χ4v) is 2.81. The molecule has 1 aliphatic carbocycles. The Morgan fingerprint density at radius 1 is 1.26 bits per heavy atom. The molecule has 0 aliphatic heterocycles. The van der Waals surface area contributed by atoms with Gasteiger partial charge in [-0.1, -0.05) is 6.92 Å². The number of hydrogen-bond donors (Lipinski definition) is 2. The zero-order valence-corrected chi connectivity index (χ0v) is 13.6. The number of carboxylic acids is 1. The third-order valence-electron chi connectivity index (χ3n) is 4.14. The molecule has 0 aromatic heterocycles. The molecular weight excluding hydrogens is 296 g/mol. The van der Waals surface area contributed by atoms with Crippen LogP contribution in [0.15, 0.2) is 24.3 Å². The van der Waals surface area contributed by atoms with E-state index in [9.17, 15) is 9.59 Å². The summed E-state index contributed by atoms with van der Waals surface area (Å²) >= 11 is 0. The largest absolute Gasteiger partial charge is 0.494 e. The summed E-state index contributed by atoms with van der Waals surface area (Å²) in [6.07, 6.45) is 1.59. The molecule has 6 heteroatoms.